The first-order valence-corrected chi connectivity index (χ1v) is 2.72. The summed E-state index contributed by atoms with van der Waals surface area (Å²) in [5.74, 6) is 0. The molecule has 50 valence electrons. The lowest BCUT2D eigenvalue weighted by molar-refractivity contribution is 0.138. The van der Waals surface area contributed by atoms with Crippen molar-refractivity contribution in [2.75, 3.05) is 6.67 Å². The third-order valence-electron chi connectivity index (χ3n) is 1.13. The van der Waals surface area contributed by atoms with Crippen molar-refractivity contribution in [2.45, 2.75) is 6.10 Å². The van der Waals surface area contributed by atoms with E-state index in [0.29, 0.717) is 5.69 Å². The van der Waals surface area contributed by atoms with Gasteiger partial charge in [0, 0.05) is 11.9 Å². The van der Waals surface area contributed by atoms with E-state index in [1.54, 1.807) is 18.3 Å². The molecule has 0 saturated heterocycles. The SMILES string of the molecule is OC(CF)c1ccc[nH]1. The van der Waals surface area contributed by atoms with Crippen LogP contribution in [-0.4, -0.2) is 16.8 Å². The summed E-state index contributed by atoms with van der Waals surface area (Å²) in [7, 11) is 0. The van der Waals surface area contributed by atoms with Crippen molar-refractivity contribution < 1.29 is 9.50 Å². The maximum atomic E-state index is 11.7. The van der Waals surface area contributed by atoms with Gasteiger partial charge in [-0.1, -0.05) is 0 Å². The Kier molecular flexibility index (Phi) is 1.85. The lowest BCUT2D eigenvalue weighted by Crippen LogP contribution is -1.98. The van der Waals surface area contributed by atoms with Crippen LogP contribution in [0.25, 0.3) is 0 Å². The molecule has 3 heteroatoms. The van der Waals surface area contributed by atoms with Gasteiger partial charge in [-0.2, -0.15) is 0 Å². The fourth-order valence-electron chi connectivity index (χ4n) is 0.635. The number of nitrogens with one attached hydrogen (secondary N) is 1. The highest BCUT2D eigenvalue weighted by atomic mass is 19.1. The van der Waals surface area contributed by atoms with Crippen LogP contribution >= 0.6 is 0 Å². The predicted octanol–water partition coefficient (Wildman–Crippen LogP) is 1.02. The standard InChI is InChI=1S/C6H8FNO/c7-4-6(9)5-2-1-3-8-5/h1-3,6,8-9H,4H2. The molecular weight excluding hydrogens is 121 g/mol. The number of aromatic amines is 1. The van der Waals surface area contributed by atoms with Crippen LogP contribution in [-0.2, 0) is 0 Å². The van der Waals surface area contributed by atoms with E-state index in [1.807, 2.05) is 0 Å². The number of H-pyrrole nitrogens is 1. The molecule has 9 heavy (non-hydrogen) atoms. The number of aliphatic hydroxyl groups excluding tert-OH is 1. The van der Waals surface area contributed by atoms with Crippen LogP contribution in [0.3, 0.4) is 0 Å². The molecule has 0 aliphatic carbocycles. The largest absolute Gasteiger partial charge is 0.384 e. The molecule has 1 atom stereocenters. The smallest absolute Gasteiger partial charge is 0.122 e. The van der Waals surface area contributed by atoms with Crippen molar-refractivity contribution in [3.63, 3.8) is 0 Å². The summed E-state index contributed by atoms with van der Waals surface area (Å²) in [6.45, 7) is -0.736. The van der Waals surface area contributed by atoms with Crippen LogP contribution in [0, 0.1) is 0 Å². The minimum absolute atomic E-state index is 0.525. The maximum absolute atomic E-state index is 11.7. The van der Waals surface area contributed by atoms with E-state index in [4.69, 9.17) is 5.11 Å². The molecule has 1 rings (SSSR count). The number of hydrogen-bond acceptors (Lipinski definition) is 1. The lowest BCUT2D eigenvalue weighted by atomic mass is 10.3. The van der Waals surface area contributed by atoms with Gasteiger partial charge in [-0.25, -0.2) is 4.39 Å². The molecule has 0 saturated carbocycles. The molecule has 0 aliphatic heterocycles. The molecule has 0 bridgehead atoms. The molecule has 1 aromatic heterocycles. The van der Waals surface area contributed by atoms with E-state index in [1.165, 1.54) is 0 Å². The van der Waals surface area contributed by atoms with Gasteiger partial charge < -0.3 is 10.1 Å². The molecule has 0 aromatic carbocycles. The van der Waals surface area contributed by atoms with Gasteiger partial charge in [0.1, 0.15) is 12.8 Å². The molecule has 1 heterocycles. The van der Waals surface area contributed by atoms with Crippen LogP contribution in [0.2, 0.25) is 0 Å². The van der Waals surface area contributed by atoms with E-state index in [9.17, 15) is 4.39 Å². The Morgan fingerprint density at radius 3 is 3.00 bits per heavy atom. The molecule has 2 N–H and O–H groups in total. The second-order valence-electron chi connectivity index (χ2n) is 1.80. The highest BCUT2D eigenvalue weighted by Crippen LogP contribution is 2.08. The van der Waals surface area contributed by atoms with Crippen molar-refractivity contribution in [1.29, 1.82) is 0 Å². The zero-order valence-corrected chi connectivity index (χ0v) is 4.84. The first-order chi connectivity index (χ1) is 4.34. The maximum Gasteiger partial charge on any atom is 0.122 e. The monoisotopic (exact) mass is 129 g/mol. The average molecular weight is 129 g/mol. The molecule has 0 aliphatic rings. The van der Waals surface area contributed by atoms with Crippen molar-refractivity contribution >= 4 is 0 Å². The summed E-state index contributed by atoms with van der Waals surface area (Å²) in [4.78, 5) is 2.70. The molecule has 1 aromatic rings. The molecule has 0 fully saturated rings. The molecule has 0 radical (unpaired) electrons. The highest BCUT2D eigenvalue weighted by Gasteiger charge is 2.04. The topological polar surface area (TPSA) is 36.0 Å². The van der Waals surface area contributed by atoms with E-state index in [0.717, 1.165) is 0 Å². The summed E-state index contributed by atoms with van der Waals surface area (Å²) in [6, 6.07) is 3.36. The molecule has 2 nitrogen and oxygen atoms in total. The first-order valence-electron chi connectivity index (χ1n) is 2.72. The van der Waals surface area contributed by atoms with Crippen molar-refractivity contribution in [2.24, 2.45) is 0 Å². The van der Waals surface area contributed by atoms with Gasteiger partial charge in [-0.3, -0.25) is 0 Å². The lowest BCUT2D eigenvalue weighted by Gasteiger charge is -2.00. The Morgan fingerprint density at radius 1 is 1.78 bits per heavy atom. The minimum Gasteiger partial charge on any atom is -0.384 e. The van der Waals surface area contributed by atoms with E-state index < -0.39 is 12.8 Å². The summed E-state index contributed by atoms with van der Waals surface area (Å²) in [5.41, 5.74) is 0.525. The fraction of sp³-hybridized carbons (Fsp3) is 0.333. The summed E-state index contributed by atoms with van der Waals surface area (Å²) in [6.07, 6.45) is 0.661. The van der Waals surface area contributed by atoms with Gasteiger partial charge in [0.15, 0.2) is 0 Å². The van der Waals surface area contributed by atoms with E-state index in [2.05, 4.69) is 4.98 Å². The molecular formula is C6H8FNO. The number of halogens is 1. The Morgan fingerprint density at radius 2 is 2.56 bits per heavy atom. The number of hydrogen-bond donors (Lipinski definition) is 2. The van der Waals surface area contributed by atoms with Gasteiger partial charge in [0.25, 0.3) is 0 Å². The quantitative estimate of drug-likeness (QED) is 0.614. The van der Waals surface area contributed by atoms with Crippen LogP contribution in [0.15, 0.2) is 18.3 Å². The molecule has 0 amide bonds. The Balaban J connectivity index is 2.65. The van der Waals surface area contributed by atoms with Gasteiger partial charge in [-0.05, 0) is 12.1 Å². The Bertz CT molecular complexity index is 162. The second-order valence-corrected chi connectivity index (χ2v) is 1.80. The van der Waals surface area contributed by atoms with Crippen LogP contribution < -0.4 is 0 Å². The summed E-state index contributed by atoms with van der Waals surface area (Å²) < 4.78 is 11.7. The minimum atomic E-state index is -0.986. The summed E-state index contributed by atoms with van der Waals surface area (Å²) in [5, 5.41) is 8.81. The van der Waals surface area contributed by atoms with Gasteiger partial charge >= 0.3 is 0 Å². The van der Waals surface area contributed by atoms with Crippen LogP contribution in [0.1, 0.15) is 11.8 Å². The zero-order valence-electron chi connectivity index (χ0n) is 4.84. The van der Waals surface area contributed by atoms with Crippen molar-refractivity contribution in [3.8, 4) is 0 Å². The van der Waals surface area contributed by atoms with Crippen LogP contribution in [0.5, 0.6) is 0 Å². The third kappa shape index (κ3) is 1.29. The number of rotatable bonds is 2. The van der Waals surface area contributed by atoms with Gasteiger partial charge in [0.05, 0.1) is 0 Å². The fourth-order valence-corrected chi connectivity index (χ4v) is 0.635. The second kappa shape index (κ2) is 2.64. The Labute approximate surface area is 52.3 Å². The van der Waals surface area contributed by atoms with E-state index in [-0.39, 0.29) is 0 Å². The number of alkyl halides is 1. The Hall–Kier alpha value is -0.830. The molecule has 0 spiro atoms. The number of aromatic nitrogens is 1. The predicted molar refractivity (Wildman–Crippen MR) is 31.7 cm³/mol. The third-order valence-corrected chi connectivity index (χ3v) is 1.13. The van der Waals surface area contributed by atoms with Crippen molar-refractivity contribution in [3.05, 3.63) is 24.0 Å². The van der Waals surface area contributed by atoms with Gasteiger partial charge in [0.2, 0.25) is 0 Å². The number of aliphatic hydroxyl groups is 1. The summed E-state index contributed by atoms with van der Waals surface area (Å²) >= 11 is 0. The van der Waals surface area contributed by atoms with E-state index >= 15 is 0 Å². The first kappa shape index (κ1) is 6.29. The highest BCUT2D eigenvalue weighted by molar-refractivity contribution is 5.06. The zero-order chi connectivity index (χ0) is 6.69. The average Bonchev–Trinajstić information content (AvgIpc) is 2.37. The van der Waals surface area contributed by atoms with Crippen LogP contribution in [0.4, 0.5) is 4.39 Å². The van der Waals surface area contributed by atoms with Crippen molar-refractivity contribution in [1.82, 2.24) is 4.98 Å². The normalized spacial score (nSPS) is 13.6. The molecule has 1 unspecified atom stereocenters. The van der Waals surface area contributed by atoms with Gasteiger partial charge in [-0.15, -0.1) is 0 Å².